The molecule has 0 aliphatic carbocycles. The topological polar surface area (TPSA) is 65.0 Å². The molecule has 104 valence electrons. The molecule has 0 bridgehead atoms. The quantitative estimate of drug-likeness (QED) is 0.881. The fraction of sp³-hybridized carbons (Fsp3) is 0.500. The summed E-state index contributed by atoms with van der Waals surface area (Å²) in [7, 11) is 1.61. The van der Waals surface area contributed by atoms with Gasteiger partial charge in [0, 0.05) is 12.7 Å². The highest BCUT2D eigenvalue weighted by molar-refractivity contribution is 5.70. The van der Waals surface area contributed by atoms with Crippen LogP contribution >= 0.6 is 0 Å². The van der Waals surface area contributed by atoms with Gasteiger partial charge in [-0.2, -0.15) is 0 Å². The van der Waals surface area contributed by atoms with Gasteiger partial charge in [-0.15, -0.1) is 0 Å². The van der Waals surface area contributed by atoms with Crippen LogP contribution in [0.3, 0.4) is 0 Å². The molecule has 0 fully saturated rings. The zero-order valence-corrected chi connectivity index (χ0v) is 11.1. The van der Waals surface area contributed by atoms with Gasteiger partial charge in [0.2, 0.25) is 0 Å². The summed E-state index contributed by atoms with van der Waals surface area (Å²) in [5.41, 5.74) is 1.81. The summed E-state index contributed by atoms with van der Waals surface area (Å²) in [6.07, 6.45) is 0.403. The number of aliphatic carboxylic acids is 1. The van der Waals surface area contributed by atoms with Gasteiger partial charge >= 0.3 is 5.97 Å². The molecule has 1 aliphatic heterocycles. The first-order valence-corrected chi connectivity index (χ1v) is 6.25. The molecule has 0 amide bonds. The van der Waals surface area contributed by atoms with Crippen molar-refractivity contribution in [1.82, 2.24) is 0 Å². The lowest BCUT2D eigenvalue weighted by Crippen LogP contribution is -2.20. The maximum Gasteiger partial charge on any atom is 0.306 e. The van der Waals surface area contributed by atoms with Gasteiger partial charge in [-0.05, 0) is 18.1 Å². The molecule has 5 nitrogen and oxygen atoms in total. The van der Waals surface area contributed by atoms with Crippen LogP contribution in [0.15, 0.2) is 12.1 Å². The second-order valence-corrected chi connectivity index (χ2v) is 4.60. The number of hydrogen-bond acceptors (Lipinski definition) is 4. The largest absolute Gasteiger partial charge is 0.486 e. The standard InChI is InChI=1S/C14H18O5/c1-9(14(15)16)7-11-10(8-17-2)3-4-12-13(11)19-6-5-18-12/h3-4,9H,5-8H2,1-2H3,(H,15,16). The molecule has 2 rings (SSSR count). The average molecular weight is 266 g/mol. The Morgan fingerprint density at radius 1 is 1.42 bits per heavy atom. The maximum absolute atomic E-state index is 11.0. The molecular formula is C14H18O5. The molecular weight excluding hydrogens is 248 g/mol. The zero-order chi connectivity index (χ0) is 13.8. The molecule has 1 aliphatic rings. The van der Waals surface area contributed by atoms with E-state index >= 15 is 0 Å². The number of rotatable bonds is 5. The van der Waals surface area contributed by atoms with E-state index in [-0.39, 0.29) is 0 Å². The zero-order valence-electron chi connectivity index (χ0n) is 11.1. The van der Waals surface area contributed by atoms with Crippen molar-refractivity contribution in [2.24, 2.45) is 5.92 Å². The van der Waals surface area contributed by atoms with Gasteiger partial charge in [0.05, 0.1) is 12.5 Å². The fourth-order valence-corrected chi connectivity index (χ4v) is 2.12. The summed E-state index contributed by atoms with van der Waals surface area (Å²) in [6, 6.07) is 3.75. The Morgan fingerprint density at radius 2 is 2.16 bits per heavy atom. The predicted octanol–water partition coefficient (Wildman–Crippen LogP) is 1.87. The number of methoxy groups -OCH3 is 1. The Bertz CT molecular complexity index is 469. The second kappa shape index (κ2) is 5.93. The first-order chi connectivity index (χ1) is 9.13. The van der Waals surface area contributed by atoms with Crippen molar-refractivity contribution in [2.75, 3.05) is 20.3 Å². The van der Waals surface area contributed by atoms with Gasteiger partial charge in [0.1, 0.15) is 13.2 Å². The second-order valence-electron chi connectivity index (χ2n) is 4.60. The van der Waals surface area contributed by atoms with Crippen molar-refractivity contribution in [3.63, 3.8) is 0 Å². The molecule has 0 saturated carbocycles. The third-order valence-corrected chi connectivity index (χ3v) is 3.14. The number of hydrogen-bond donors (Lipinski definition) is 1. The van der Waals surface area contributed by atoms with E-state index < -0.39 is 11.9 Å². The van der Waals surface area contributed by atoms with E-state index in [0.29, 0.717) is 37.7 Å². The SMILES string of the molecule is COCc1ccc2c(c1CC(C)C(=O)O)OCCO2. The monoisotopic (exact) mass is 266 g/mol. The van der Waals surface area contributed by atoms with Crippen LogP contribution in [0.2, 0.25) is 0 Å². The van der Waals surface area contributed by atoms with E-state index in [9.17, 15) is 4.79 Å². The number of carbonyl (C=O) groups is 1. The first kappa shape index (κ1) is 13.7. The highest BCUT2D eigenvalue weighted by atomic mass is 16.6. The van der Waals surface area contributed by atoms with Gasteiger partial charge < -0.3 is 19.3 Å². The summed E-state index contributed by atoms with van der Waals surface area (Å²) in [5.74, 6) is 0.0397. The third kappa shape index (κ3) is 2.98. The molecule has 19 heavy (non-hydrogen) atoms. The van der Waals surface area contributed by atoms with Gasteiger partial charge in [-0.25, -0.2) is 0 Å². The summed E-state index contributed by atoms with van der Waals surface area (Å²) in [5, 5.41) is 9.06. The molecule has 1 unspecified atom stereocenters. The lowest BCUT2D eigenvalue weighted by atomic mass is 9.95. The Morgan fingerprint density at radius 3 is 2.84 bits per heavy atom. The van der Waals surface area contributed by atoms with Crippen LogP contribution in [-0.4, -0.2) is 31.4 Å². The van der Waals surface area contributed by atoms with Crippen LogP contribution in [-0.2, 0) is 22.6 Å². The van der Waals surface area contributed by atoms with Gasteiger partial charge in [0.25, 0.3) is 0 Å². The van der Waals surface area contributed by atoms with Crippen LogP contribution in [0.25, 0.3) is 0 Å². The van der Waals surface area contributed by atoms with Gasteiger partial charge in [-0.1, -0.05) is 13.0 Å². The summed E-state index contributed by atoms with van der Waals surface area (Å²) in [6.45, 7) is 3.11. The molecule has 0 spiro atoms. The van der Waals surface area contributed by atoms with E-state index in [2.05, 4.69) is 0 Å². The van der Waals surface area contributed by atoms with E-state index in [1.54, 1.807) is 14.0 Å². The molecule has 1 heterocycles. The van der Waals surface area contributed by atoms with Crippen molar-refractivity contribution >= 4 is 5.97 Å². The van der Waals surface area contributed by atoms with Crippen molar-refractivity contribution in [1.29, 1.82) is 0 Å². The highest BCUT2D eigenvalue weighted by Crippen LogP contribution is 2.37. The summed E-state index contributed by atoms with van der Waals surface area (Å²) in [4.78, 5) is 11.0. The van der Waals surface area contributed by atoms with Crippen LogP contribution in [0.5, 0.6) is 11.5 Å². The smallest absolute Gasteiger partial charge is 0.306 e. The van der Waals surface area contributed by atoms with Crippen molar-refractivity contribution in [2.45, 2.75) is 20.0 Å². The minimum atomic E-state index is -0.822. The van der Waals surface area contributed by atoms with Gasteiger partial charge in [0.15, 0.2) is 11.5 Å². The highest BCUT2D eigenvalue weighted by Gasteiger charge is 2.23. The van der Waals surface area contributed by atoms with E-state index in [0.717, 1.165) is 11.1 Å². The fourth-order valence-electron chi connectivity index (χ4n) is 2.12. The van der Waals surface area contributed by atoms with E-state index in [1.165, 1.54) is 0 Å². The number of benzene rings is 1. The summed E-state index contributed by atoms with van der Waals surface area (Å²) < 4.78 is 16.3. The number of carboxylic acids is 1. The first-order valence-electron chi connectivity index (χ1n) is 6.25. The molecule has 1 atom stereocenters. The lowest BCUT2D eigenvalue weighted by Gasteiger charge is -2.23. The molecule has 1 N–H and O–H groups in total. The Balaban J connectivity index is 2.37. The molecule has 0 radical (unpaired) electrons. The summed E-state index contributed by atoms with van der Waals surface area (Å²) >= 11 is 0. The van der Waals surface area contributed by atoms with Crippen LogP contribution in [0.1, 0.15) is 18.1 Å². The minimum Gasteiger partial charge on any atom is -0.486 e. The van der Waals surface area contributed by atoms with Crippen molar-refractivity contribution < 1.29 is 24.1 Å². The number of fused-ring (bicyclic) bond motifs is 1. The normalized spacial score (nSPS) is 15.1. The van der Waals surface area contributed by atoms with Crippen molar-refractivity contribution in [3.8, 4) is 11.5 Å². The lowest BCUT2D eigenvalue weighted by molar-refractivity contribution is -0.141. The molecule has 5 heteroatoms. The number of carboxylic acid groups (broad SMARTS) is 1. The Kier molecular flexibility index (Phi) is 4.27. The van der Waals surface area contributed by atoms with E-state index in [4.69, 9.17) is 19.3 Å². The third-order valence-electron chi connectivity index (χ3n) is 3.14. The van der Waals surface area contributed by atoms with Crippen molar-refractivity contribution in [3.05, 3.63) is 23.3 Å². The Hall–Kier alpha value is -1.75. The van der Waals surface area contributed by atoms with Crippen LogP contribution in [0.4, 0.5) is 0 Å². The van der Waals surface area contributed by atoms with Crippen LogP contribution in [0, 0.1) is 5.92 Å². The molecule has 1 aromatic carbocycles. The van der Waals surface area contributed by atoms with Gasteiger partial charge in [-0.3, -0.25) is 4.79 Å². The Labute approximate surface area is 112 Å². The molecule has 0 aromatic heterocycles. The predicted molar refractivity (Wildman–Crippen MR) is 68.6 cm³/mol. The maximum atomic E-state index is 11.0. The van der Waals surface area contributed by atoms with Crippen LogP contribution < -0.4 is 9.47 Å². The minimum absolute atomic E-state index is 0.403. The average Bonchev–Trinajstić information content (AvgIpc) is 2.41. The molecule has 0 saturated heterocycles. The number of ether oxygens (including phenoxy) is 3. The van der Waals surface area contributed by atoms with E-state index in [1.807, 2.05) is 12.1 Å². The molecule has 1 aromatic rings.